The highest BCUT2D eigenvalue weighted by atomic mass is 32.2. The minimum Gasteiger partial charge on any atom is -0.396 e. The zero-order valence-electron chi connectivity index (χ0n) is 12.8. The van der Waals surface area contributed by atoms with Crippen molar-refractivity contribution in [1.29, 1.82) is 0 Å². The van der Waals surface area contributed by atoms with Crippen LogP contribution in [-0.4, -0.2) is 37.5 Å². The molecule has 0 amide bonds. The first-order chi connectivity index (χ1) is 9.98. The summed E-state index contributed by atoms with van der Waals surface area (Å²) in [6, 6.07) is 7.27. The third kappa shape index (κ3) is 3.65. The Hall–Kier alpha value is -0.910. The first-order valence-corrected chi connectivity index (χ1v) is 9.14. The zero-order valence-corrected chi connectivity index (χ0v) is 13.6. The molecule has 0 aromatic heterocycles. The molecule has 2 atom stereocenters. The lowest BCUT2D eigenvalue weighted by Gasteiger charge is -2.17. The molecule has 0 radical (unpaired) electrons. The largest absolute Gasteiger partial charge is 0.396 e. The van der Waals surface area contributed by atoms with Crippen molar-refractivity contribution in [3.05, 3.63) is 29.8 Å². The van der Waals surface area contributed by atoms with E-state index in [0.717, 1.165) is 12.8 Å². The molecule has 118 valence electrons. The van der Waals surface area contributed by atoms with Crippen LogP contribution in [0.5, 0.6) is 0 Å². The molecule has 1 fully saturated rings. The van der Waals surface area contributed by atoms with Gasteiger partial charge >= 0.3 is 0 Å². The summed E-state index contributed by atoms with van der Waals surface area (Å²) in [6.07, 6.45) is 2.56. The smallest absolute Gasteiger partial charge is 0.243 e. The molecule has 1 heterocycles. The van der Waals surface area contributed by atoms with E-state index in [2.05, 4.69) is 13.8 Å². The second-order valence-corrected chi connectivity index (χ2v) is 7.85. The number of hydrogen-bond acceptors (Lipinski definition) is 3. The quantitative estimate of drug-likeness (QED) is 0.878. The molecule has 0 saturated carbocycles. The third-order valence-electron chi connectivity index (χ3n) is 4.49. The molecule has 1 aliphatic rings. The van der Waals surface area contributed by atoms with Crippen LogP contribution >= 0.6 is 0 Å². The first-order valence-electron chi connectivity index (χ1n) is 7.70. The van der Waals surface area contributed by atoms with Gasteiger partial charge in [0.2, 0.25) is 10.0 Å². The van der Waals surface area contributed by atoms with Gasteiger partial charge in [0.25, 0.3) is 0 Å². The maximum Gasteiger partial charge on any atom is 0.243 e. The van der Waals surface area contributed by atoms with E-state index in [-0.39, 0.29) is 12.5 Å². The number of aliphatic hydroxyl groups is 1. The van der Waals surface area contributed by atoms with Crippen molar-refractivity contribution in [3.63, 3.8) is 0 Å². The van der Waals surface area contributed by atoms with E-state index in [1.165, 1.54) is 5.56 Å². The standard InChI is InChI=1S/C16H25NO3S/c1-3-13(2)15-4-6-16(7-5-15)21(19,20)17-10-8-14(12-17)9-11-18/h4-7,13-14,18H,3,8-12H2,1-2H3. The Morgan fingerprint density at radius 3 is 2.57 bits per heavy atom. The van der Waals surface area contributed by atoms with Gasteiger partial charge in [-0.1, -0.05) is 26.0 Å². The molecule has 0 aliphatic carbocycles. The van der Waals surface area contributed by atoms with Crippen molar-refractivity contribution in [2.75, 3.05) is 19.7 Å². The zero-order chi connectivity index (χ0) is 15.5. The average molecular weight is 311 g/mol. The lowest BCUT2D eigenvalue weighted by Crippen LogP contribution is -2.29. The molecule has 4 nitrogen and oxygen atoms in total. The number of nitrogens with zero attached hydrogens (tertiary/aromatic N) is 1. The second-order valence-electron chi connectivity index (χ2n) is 5.91. The van der Waals surface area contributed by atoms with Gasteiger partial charge in [-0.25, -0.2) is 8.42 Å². The molecule has 1 aromatic rings. The fraction of sp³-hybridized carbons (Fsp3) is 0.625. The summed E-state index contributed by atoms with van der Waals surface area (Å²) >= 11 is 0. The molecule has 21 heavy (non-hydrogen) atoms. The lowest BCUT2D eigenvalue weighted by molar-refractivity contribution is 0.259. The van der Waals surface area contributed by atoms with Gasteiger partial charge in [0.15, 0.2) is 0 Å². The van der Waals surface area contributed by atoms with Crippen molar-refractivity contribution in [2.45, 2.75) is 43.9 Å². The highest BCUT2D eigenvalue weighted by Gasteiger charge is 2.32. The molecule has 1 aromatic carbocycles. The Morgan fingerprint density at radius 2 is 2.00 bits per heavy atom. The van der Waals surface area contributed by atoms with Crippen LogP contribution in [0, 0.1) is 5.92 Å². The van der Waals surface area contributed by atoms with Gasteiger partial charge in [0.1, 0.15) is 0 Å². The van der Waals surface area contributed by atoms with Crippen LogP contribution in [-0.2, 0) is 10.0 Å². The van der Waals surface area contributed by atoms with Crippen molar-refractivity contribution in [1.82, 2.24) is 4.31 Å². The van der Waals surface area contributed by atoms with Crippen LogP contribution in [0.3, 0.4) is 0 Å². The molecule has 1 saturated heterocycles. The number of sulfonamides is 1. The average Bonchev–Trinajstić information content (AvgIpc) is 2.96. The predicted octanol–water partition coefficient (Wildman–Crippen LogP) is 2.59. The first kappa shape index (κ1) is 16.5. The van der Waals surface area contributed by atoms with Crippen LogP contribution in [0.25, 0.3) is 0 Å². The van der Waals surface area contributed by atoms with E-state index >= 15 is 0 Å². The maximum atomic E-state index is 12.6. The van der Waals surface area contributed by atoms with Crippen molar-refractivity contribution in [2.24, 2.45) is 5.92 Å². The number of aliphatic hydroxyl groups excluding tert-OH is 1. The molecular formula is C16H25NO3S. The van der Waals surface area contributed by atoms with E-state index in [1.54, 1.807) is 16.4 Å². The number of rotatable bonds is 6. The van der Waals surface area contributed by atoms with Crippen LogP contribution in [0.2, 0.25) is 0 Å². The van der Waals surface area contributed by atoms with E-state index in [9.17, 15) is 8.42 Å². The van der Waals surface area contributed by atoms with E-state index in [0.29, 0.717) is 30.3 Å². The van der Waals surface area contributed by atoms with Crippen LogP contribution in [0.4, 0.5) is 0 Å². The van der Waals surface area contributed by atoms with Crippen LogP contribution in [0.15, 0.2) is 29.2 Å². The number of hydrogen-bond donors (Lipinski definition) is 1. The van der Waals surface area contributed by atoms with Crippen molar-refractivity contribution >= 4 is 10.0 Å². The summed E-state index contributed by atoms with van der Waals surface area (Å²) in [5.74, 6) is 0.728. The third-order valence-corrected chi connectivity index (χ3v) is 6.36. The highest BCUT2D eigenvalue weighted by Crippen LogP contribution is 2.27. The predicted molar refractivity (Wildman–Crippen MR) is 83.7 cm³/mol. The second kappa shape index (κ2) is 6.90. The molecule has 5 heteroatoms. The van der Waals surface area contributed by atoms with Gasteiger partial charge in [-0.15, -0.1) is 0 Å². The lowest BCUT2D eigenvalue weighted by atomic mass is 9.99. The van der Waals surface area contributed by atoms with Gasteiger partial charge in [0, 0.05) is 19.7 Å². The van der Waals surface area contributed by atoms with E-state index < -0.39 is 10.0 Å². The van der Waals surface area contributed by atoms with Gasteiger partial charge in [-0.2, -0.15) is 4.31 Å². The minimum absolute atomic E-state index is 0.127. The summed E-state index contributed by atoms with van der Waals surface area (Å²) in [6.45, 7) is 5.47. The fourth-order valence-corrected chi connectivity index (χ4v) is 4.32. The molecular weight excluding hydrogens is 286 g/mol. The Morgan fingerprint density at radius 1 is 1.33 bits per heavy atom. The Kier molecular flexibility index (Phi) is 5.41. The van der Waals surface area contributed by atoms with Crippen molar-refractivity contribution in [3.8, 4) is 0 Å². The summed E-state index contributed by atoms with van der Waals surface area (Å²) in [5.41, 5.74) is 1.18. The molecule has 1 N–H and O–H groups in total. The van der Waals surface area contributed by atoms with Gasteiger partial charge in [-0.05, 0) is 48.8 Å². The van der Waals surface area contributed by atoms with Gasteiger partial charge < -0.3 is 5.11 Å². The Balaban J connectivity index is 2.13. The minimum atomic E-state index is -3.39. The normalized spacial score (nSPS) is 21.6. The molecule has 0 spiro atoms. The van der Waals surface area contributed by atoms with E-state index in [4.69, 9.17) is 5.11 Å². The maximum absolute atomic E-state index is 12.6. The number of benzene rings is 1. The summed E-state index contributed by atoms with van der Waals surface area (Å²) in [5, 5.41) is 8.97. The van der Waals surface area contributed by atoms with Crippen LogP contribution in [0.1, 0.15) is 44.6 Å². The Bertz CT molecular complexity index is 553. The highest BCUT2D eigenvalue weighted by molar-refractivity contribution is 7.89. The fourth-order valence-electron chi connectivity index (χ4n) is 2.79. The van der Waals surface area contributed by atoms with Crippen LogP contribution < -0.4 is 0 Å². The van der Waals surface area contributed by atoms with E-state index in [1.807, 2.05) is 12.1 Å². The summed E-state index contributed by atoms with van der Waals surface area (Å²) in [7, 11) is -3.39. The Labute approximate surface area is 127 Å². The van der Waals surface area contributed by atoms with Crippen molar-refractivity contribution < 1.29 is 13.5 Å². The molecule has 2 rings (SSSR count). The SMILES string of the molecule is CCC(C)c1ccc(S(=O)(=O)N2CCC(CCO)C2)cc1. The van der Waals surface area contributed by atoms with Gasteiger partial charge in [-0.3, -0.25) is 0 Å². The van der Waals surface area contributed by atoms with Gasteiger partial charge in [0.05, 0.1) is 4.90 Å². The summed E-state index contributed by atoms with van der Waals surface area (Å²) < 4.78 is 26.7. The molecule has 0 bridgehead atoms. The summed E-state index contributed by atoms with van der Waals surface area (Å²) in [4.78, 5) is 0.374. The monoisotopic (exact) mass is 311 g/mol. The molecule has 2 unspecified atom stereocenters. The molecule has 1 aliphatic heterocycles. The topological polar surface area (TPSA) is 57.6 Å².